The second kappa shape index (κ2) is 4.53. The van der Waals surface area contributed by atoms with Crippen molar-refractivity contribution in [3.05, 3.63) is 24.3 Å². The number of hydrogen-bond donors (Lipinski definition) is 1. The van der Waals surface area contributed by atoms with Crippen LogP contribution in [-0.4, -0.2) is 29.8 Å². The van der Waals surface area contributed by atoms with Crippen LogP contribution in [0.25, 0.3) is 0 Å². The lowest BCUT2D eigenvalue weighted by atomic mass is 9.69. The molecule has 1 saturated carbocycles. The Morgan fingerprint density at radius 3 is 2.42 bits per heavy atom. The molecule has 4 heteroatoms. The van der Waals surface area contributed by atoms with Gasteiger partial charge in [0.2, 0.25) is 0 Å². The van der Waals surface area contributed by atoms with Crippen molar-refractivity contribution in [1.82, 2.24) is 0 Å². The normalized spacial score (nSPS) is 25.3. The van der Waals surface area contributed by atoms with Crippen LogP contribution in [0, 0.1) is 0 Å². The number of benzene rings is 1. The van der Waals surface area contributed by atoms with E-state index in [2.05, 4.69) is 0 Å². The van der Waals surface area contributed by atoms with E-state index >= 15 is 0 Å². The van der Waals surface area contributed by atoms with Gasteiger partial charge in [-0.1, -0.05) is 19.3 Å². The van der Waals surface area contributed by atoms with Crippen molar-refractivity contribution in [1.29, 1.82) is 0 Å². The molecular weight excluding hydrogens is 242 g/mol. The van der Waals surface area contributed by atoms with E-state index in [0.29, 0.717) is 0 Å². The Morgan fingerprint density at radius 2 is 1.84 bits per heavy atom. The Kier molecular flexibility index (Phi) is 2.97. The highest BCUT2D eigenvalue weighted by molar-refractivity contribution is 6.06. The van der Waals surface area contributed by atoms with Crippen molar-refractivity contribution in [2.45, 2.75) is 43.7 Å². The summed E-state index contributed by atoms with van der Waals surface area (Å²) < 4.78 is 5.13. The summed E-state index contributed by atoms with van der Waals surface area (Å²) in [7, 11) is 1.62. The number of aliphatic hydroxyl groups excluding tert-OH is 1. The summed E-state index contributed by atoms with van der Waals surface area (Å²) in [5.74, 6) is 0.599. The van der Waals surface area contributed by atoms with Gasteiger partial charge >= 0.3 is 0 Å². The number of ether oxygens (including phenoxy) is 1. The van der Waals surface area contributed by atoms with Crippen LogP contribution in [-0.2, 0) is 4.79 Å². The van der Waals surface area contributed by atoms with E-state index in [9.17, 15) is 9.90 Å². The van der Waals surface area contributed by atoms with Gasteiger partial charge in [0.05, 0.1) is 12.6 Å². The molecule has 1 saturated heterocycles. The lowest BCUT2D eigenvalue weighted by molar-refractivity contribution is -0.146. The third-order valence-corrected chi connectivity index (χ3v) is 4.46. The van der Waals surface area contributed by atoms with Crippen LogP contribution in [0.5, 0.6) is 5.75 Å². The Balaban J connectivity index is 1.91. The number of methoxy groups -OCH3 is 1. The largest absolute Gasteiger partial charge is 0.497 e. The summed E-state index contributed by atoms with van der Waals surface area (Å²) in [4.78, 5) is 13.8. The fraction of sp³-hybridized carbons (Fsp3) is 0.533. The maximum absolute atomic E-state index is 12.0. The van der Waals surface area contributed by atoms with Crippen LogP contribution in [0.15, 0.2) is 24.3 Å². The molecule has 3 rings (SSSR count). The zero-order valence-corrected chi connectivity index (χ0v) is 11.1. The van der Waals surface area contributed by atoms with Crippen LogP contribution in [0.1, 0.15) is 32.1 Å². The highest BCUT2D eigenvalue weighted by Gasteiger charge is 2.59. The predicted octanol–water partition coefficient (Wildman–Crippen LogP) is 2.11. The summed E-state index contributed by atoms with van der Waals surface area (Å²) in [5.41, 5.74) is 0.502. The van der Waals surface area contributed by atoms with E-state index in [0.717, 1.165) is 37.1 Å². The first-order valence-corrected chi connectivity index (χ1v) is 6.85. The Labute approximate surface area is 113 Å². The van der Waals surface area contributed by atoms with Gasteiger partial charge in [0.1, 0.15) is 5.75 Å². The van der Waals surface area contributed by atoms with Crippen LogP contribution in [0.4, 0.5) is 5.69 Å². The lowest BCUT2D eigenvalue weighted by Crippen LogP contribution is -2.75. The average Bonchev–Trinajstić information content (AvgIpc) is 2.48. The van der Waals surface area contributed by atoms with Crippen molar-refractivity contribution < 1.29 is 14.6 Å². The molecule has 1 atom stereocenters. The molecule has 1 aromatic carbocycles. The first-order valence-electron chi connectivity index (χ1n) is 6.85. The fourth-order valence-electron chi connectivity index (χ4n) is 3.40. The van der Waals surface area contributed by atoms with Gasteiger partial charge in [-0.3, -0.25) is 4.79 Å². The van der Waals surface area contributed by atoms with Gasteiger partial charge in [0, 0.05) is 5.69 Å². The van der Waals surface area contributed by atoms with Crippen molar-refractivity contribution >= 4 is 11.6 Å². The molecule has 1 aliphatic heterocycles. The van der Waals surface area contributed by atoms with Crippen molar-refractivity contribution in [3.8, 4) is 5.75 Å². The molecule has 1 spiro atoms. The van der Waals surface area contributed by atoms with E-state index in [1.165, 1.54) is 6.42 Å². The molecule has 4 nitrogen and oxygen atoms in total. The number of hydrogen-bond acceptors (Lipinski definition) is 3. The molecular formula is C15H19NO3. The summed E-state index contributed by atoms with van der Waals surface area (Å²) in [6.45, 7) is 0. The quantitative estimate of drug-likeness (QED) is 0.829. The maximum Gasteiger partial charge on any atom is 0.258 e. The monoisotopic (exact) mass is 261 g/mol. The van der Waals surface area contributed by atoms with Gasteiger partial charge in [0.15, 0.2) is 6.10 Å². The molecule has 0 unspecified atom stereocenters. The van der Waals surface area contributed by atoms with Crippen molar-refractivity contribution in [2.75, 3.05) is 12.0 Å². The van der Waals surface area contributed by atoms with E-state index < -0.39 is 6.10 Å². The minimum absolute atomic E-state index is 0.174. The highest BCUT2D eigenvalue weighted by atomic mass is 16.5. The number of aliphatic hydroxyl groups is 1. The number of amides is 1. The van der Waals surface area contributed by atoms with Crippen LogP contribution >= 0.6 is 0 Å². The molecule has 19 heavy (non-hydrogen) atoms. The third-order valence-electron chi connectivity index (χ3n) is 4.46. The Hall–Kier alpha value is -1.55. The molecule has 1 N–H and O–H groups in total. The van der Waals surface area contributed by atoms with Gasteiger partial charge in [-0.2, -0.15) is 0 Å². The second-order valence-electron chi connectivity index (χ2n) is 5.44. The summed E-state index contributed by atoms with van der Waals surface area (Å²) in [6, 6.07) is 7.48. The number of β-lactam (4-membered cyclic amide) rings is 1. The summed E-state index contributed by atoms with van der Waals surface area (Å²) in [5, 5.41) is 10.1. The number of carbonyl (C=O) groups is 1. The van der Waals surface area contributed by atoms with Gasteiger partial charge in [0.25, 0.3) is 5.91 Å². The van der Waals surface area contributed by atoms with Crippen molar-refractivity contribution in [2.24, 2.45) is 0 Å². The highest BCUT2D eigenvalue weighted by Crippen LogP contribution is 2.46. The van der Waals surface area contributed by atoms with Crippen molar-refractivity contribution in [3.63, 3.8) is 0 Å². The maximum atomic E-state index is 12.0. The number of nitrogens with zero attached hydrogens (tertiary/aromatic N) is 1. The second-order valence-corrected chi connectivity index (χ2v) is 5.44. The lowest BCUT2D eigenvalue weighted by Gasteiger charge is -2.57. The molecule has 1 heterocycles. The molecule has 2 aliphatic rings. The topological polar surface area (TPSA) is 49.8 Å². The molecule has 1 amide bonds. The first-order chi connectivity index (χ1) is 9.19. The molecule has 0 bridgehead atoms. The minimum Gasteiger partial charge on any atom is -0.497 e. The zero-order valence-electron chi connectivity index (χ0n) is 11.1. The molecule has 0 radical (unpaired) electrons. The SMILES string of the molecule is COc1ccc(N2C(=O)[C@@H](O)C23CCCCC3)cc1. The summed E-state index contributed by atoms with van der Waals surface area (Å²) in [6.07, 6.45) is 4.32. The number of anilines is 1. The Morgan fingerprint density at radius 1 is 1.21 bits per heavy atom. The van der Waals surface area contributed by atoms with Crippen LogP contribution in [0.3, 0.4) is 0 Å². The van der Waals surface area contributed by atoms with Gasteiger partial charge in [-0.15, -0.1) is 0 Å². The molecule has 102 valence electrons. The van der Waals surface area contributed by atoms with E-state index in [4.69, 9.17) is 4.74 Å². The summed E-state index contributed by atoms with van der Waals surface area (Å²) >= 11 is 0. The number of rotatable bonds is 2. The van der Waals surface area contributed by atoms with Crippen LogP contribution in [0.2, 0.25) is 0 Å². The average molecular weight is 261 g/mol. The zero-order chi connectivity index (χ0) is 13.5. The van der Waals surface area contributed by atoms with Gasteiger partial charge < -0.3 is 14.7 Å². The molecule has 2 fully saturated rings. The van der Waals surface area contributed by atoms with Crippen LogP contribution < -0.4 is 9.64 Å². The van der Waals surface area contributed by atoms with Gasteiger partial charge in [-0.05, 0) is 37.1 Å². The van der Waals surface area contributed by atoms with E-state index in [1.54, 1.807) is 12.0 Å². The van der Waals surface area contributed by atoms with E-state index in [-0.39, 0.29) is 11.4 Å². The minimum atomic E-state index is -0.824. The van der Waals surface area contributed by atoms with E-state index in [1.807, 2.05) is 24.3 Å². The number of carbonyl (C=O) groups excluding carboxylic acids is 1. The molecule has 1 aromatic rings. The molecule has 1 aliphatic carbocycles. The standard InChI is InChI=1S/C15H19NO3/c1-19-12-7-5-11(6-8-12)16-14(18)13(17)15(16)9-3-2-4-10-15/h5-8,13,17H,2-4,9-10H2,1H3/t13-/m1/s1. The smallest absolute Gasteiger partial charge is 0.258 e. The Bertz CT molecular complexity index is 477. The predicted molar refractivity (Wildman–Crippen MR) is 72.3 cm³/mol. The molecule has 0 aromatic heterocycles. The van der Waals surface area contributed by atoms with Gasteiger partial charge in [-0.25, -0.2) is 0 Å². The fourth-order valence-corrected chi connectivity index (χ4v) is 3.40. The third kappa shape index (κ3) is 1.74. The first kappa shape index (κ1) is 12.5.